The van der Waals surface area contributed by atoms with E-state index in [9.17, 15) is 4.79 Å². The van der Waals surface area contributed by atoms with E-state index in [1.165, 1.54) is 0 Å². The number of amides is 1. The molecular weight excluding hydrogens is 152 g/mol. The first kappa shape index (κ1) is 11.4. The molecule has 72 valence electrons. The second-order valence-corrected chi connectivity index (χ2v) is 4.27. The van der Waals surface area contributed by atoms with Gasteiger partial charge in [0.2, 0.25) is 5.91 Å². The summed E-state index contributed by atoms with van der Waals surface area (Å²) < 4.78 is 0. The lowest BCUT2D eigenvalue weighted by atomic mass is 9.89. The Morgan fingerprint density at radius 3 is 2.33 bits per heavy atom. The standard InChI is InChI=1S/C9H20N2O/c1-7(2)11-8(12)5-9(3,4)6-10/h7H,5-6,10H2,1-4H3,(H,11,12). The van der Waals surface area contributed by atoms with Gasteiger partial charge < -0.3 is 11.1 Å². The van der Waals surface area contributed by atoms with Gasteiger partial charge in [0.25, 0.3) is 0 Å². The second-order valence-electron chi connectivity index (χ2n) is 4.27. The number of hydrogen-bond acceptors (Lipinski definition) is 2. The van der Waals surface area contributed by atoms with Crippen molar-refractivity contribution in [1.29, 1.82) is 0 Å². The highest BCUT2D eigenvalue weighted by atomic mass is 16.1. The molecule has 0 heterocycles. The molecule has 0 bridgehead atoms. The molecular formula is C9H20N2O. The van der Waals surface area contributed by atoms with Crippen molar-refractivity contribution in [3.8, 4) is 0 Å². The molecule has 0 unspecified atom stereocenters. The minimum Gasteiger partial charge on any atom is -0.354 e. The zero-order valence-electron chi connectivity index (χ0n) is 8.48. The number of carbonyl (C=O) groups is 1. The average Bonchev–Trinajstić information content (AvgIpc) is 1.84. The van der Waals surface area contributed by atoms with E-state index < -0.39 is 0 Å². The molecule has 0 rings (SSSR count). The van der Waals surface area contributed by atoms with E-state index in [1.807, 2.05) is 27.7 Å². The van der Waals surface area contributed by atoms with Crippen LogP contribution in [0.3, 0.4) is 0 Å². The maximum Gasteiger partial charge on any atom is 0.220 e. The molecule has 3 heteroatoms. The second kappa shape index (κ2) is 4.45. The molecule has 1 amide bonds. The summed E-state index contributed by atoms with van der Waals surface area (Å²) in [5.41, 5.74) is 5.42. The fourth-order valence-corrected chi connectivity index (χ4v) is 0.880. The summed E-state index contributed by atoms with van der Waals surface area (Å²) >= 11 is 0. The molecule has 0 saturated carbocycles. The molecule has 0 saturated heterocycles. The monoisotopic (exact) mass is 172 g/mol. The highest BCUT2D eigenvalue weighted by Gasteiger charge is 2.20. The van der Waals surface area contributed by atoms with Gasteiger partial charge >= 0.3 is 0 Å². The van der Waals surface area contributed by atoms with Gasteiger partial charge in [-0.1, -0.05) is 13.8 Å². The Balaban J connectivity index is 3.84. The van der Waals surface area contributed by atoms with Crippen molar-refractivity contribution in [3.63, 3.8) is 0 Å². The van der Waals surface area contributed by atoms with Gasteiger partial charge in [-0.2, -0.15) is 0 Å². The summed E-state index contributed by atoms with van der Waals surface area (Å²) in [6.45, 7) is 8.43. The molecule has 0 aromatic rings. The zero-order valence-corrected chi connectivity index (χ0v) is 8.48. The molecule has 12 heavy (non-hydrogen) atoms. The summed E-state index contributed by atoms with van der Waals surface area (Å²) in [4.78, 5) is 11.3. The van der Waals surface area contributed by atoms with Crippen molar-refractivity contribution >= 4 is 5.91 Å². The quantitative estimate of drug-likeness (QED) is 0.661. The molecule has 0 atom stereocenters. The first-order valence-corrected chi connectivity index (χ1v) is 4.37. The minimum absolute atomic E-state index is 0.0838. The molecule has 0 aliphatic rings. The Hall–Kier alpha value is -0.570. The first-order chi connectivity index (χ1) is 5.37. The fourth-order valence-electron chi connectivity index (χ4n) is 0.880. The van der Waals surface area contributed by atoms with Crippen LogP contribution in [-0.4, -0.2) is 18.5 Å². The van der Waals surface area contributed by atoms with Gasteiger partial charge in [0.15, 0.2) is 0 Å². The Kier molecular flexibility index (Phi) is 4.24. The van der Waals surface area contributed by atoms with Crippen LogP contribution in [0.15, 0.2) is 0 Å². The third-order valence-electron chi connectivity index (χ3n) is 1.64. The number of hydrogen-bond donors (Lipinski definition) is 2. The highest BCUT2D eigenvalue weighted by Crippen LogP contribution is 2.17. The van der Waals surface area contributed by atoms with Gasteiger partial charge in [0.1, 0.15) is 0 Å². The van der Waals surface area contributed by atoms with Gasteiger partial charge in [-0.15, -0.1) is 0 Å². The van der Waals surface area contributed by atoms with Gasteiger partial charge in [-0.3, -0.25) is 4.79 Å². The molecule has 0 aromatic heterocycles. The van der Waals surface area contributed by atoms with E-state index >= 15 is 0 Å². The smallest absolute Gasteiger partial charge is 0.220 e. The summed E-state index contributed by atoms with van der Waals surface area (Å²) in [6, 6.07) is 0.214. The van der Waals surface area contributed by atoms with Crippen LogP contribution in [0.2, 0.25) is 0 Å². The largest absolute Gasteiger partial charge is 0.354 e. The van der Waals surface area contributed by atoms with Crippen LogP contribution in [0.4, 0.5) is 0 Å². The lowest BCUT2D eigenvalue weighted by molar-refractivity contribution is -0.123. The van der Waals surface area contributed by atoms with Crippen LogP contribution in [0.25, 0.3) is 0 Å². The molecule has 0 fully saturated rings. The molecule has 0 spiro atoms. The predicted molar refractivity (Wildman–Crippen MR) is 50.7 cm³/mol. The SMILES string of the molecule is CC(C)NC(=O)CC(C)(C)CN. The number of nitrogens with one attached hydrogen (secondary N) is 1. The fraction of sp³-hybridized carbons (Fsp3) is 0.889. The highest BCUT2D eigenvalue weighted by molar-refractivity contribution is 5.76. The molecule has 0 aliphatic carbocycles. The minimum atomic E-state index is -0.0844. The van der Waals surface area contributed by atoms with Gasteiger partial charge in [0, 0.05) is 12.5 Å². The van der Waals surface area contributed by atoms with Crippen LogP contribution in [0.5, 0.6) is 0 Å². The zero-order chi connectivity index (χ0) is 9.78. The number of nitrogens with two attached hydrogens (primary N) is 1. The molecule has 3 N–H and O–H groups in total. The van der Waals surface area contributed by atoms with Crippen LogP contribution in [0.1, 0.15) is 34.1 Å². The van der Waals surface area contributed by atoms with E-state index in [0.29, 0.717) is 13.0 Å². The van der Waals surface area contributed by atoms with E-state index in [2.05, 4.69) is 5.32 Å². The van der Waals surface area contributed by atoms with Crippen molar-refractivity contribution < 1.29 is 4.79 Å². The van der Waals surface area contributed by atoms with Gasteiger partial charge in [-0.05, 0) is 25.8 Å². The number of carbonyl (C=O) groups excluding carboxylic acids is 1. The third-order valence-corrected chi connectivity index (χ3v) is 1.64. The normalized spacial score (nSPS) is 11.8. The van der Waals surface area contributed by atoms with Crippen molar-refractivity contribution in [2.75, 3.05) is 6.54 Å². The van der Waals surface area contributed by atoms with E-state index in [4.69, 9.17) is 5.73 Å². The summed E-state index contributed by atoms with van der Waals surface area (Å²) in [5, 5.41) is 2.84. The van der Waals surface area contributed by atoms with E-state index in [-0.39, 0.29) is 17.4 Å². The number of rotatable bonds is 4. The van der Waals surface area contributed by atoms with Crippen LogP contribution >= 0.6 is 0 Å². The maximum absolute atomic E-state index is 11.3. The molecule has 3 nitrogen and oxygen atoms in total. The molecule has 0 aliphatic heterocycles. The Labute approximate surface area is 74.7 Å². The topological polar surface area (TPSA) is 55.1 Å². The Bertz CT molecular complexity index is 153. The van der Waals surface area contributed by atoms with E-state index in [0.717, 1.165) is 0 Å². The maximum atomic E-state index is 11.3. The predicted octanol–water partition coefficient (Wildman–Crippen LogP) is 0.886. The van der Waals surface area contributed by atoms with Crippen molar-refractivity contribution in [2.45, 2.75) is 40.2 Å². The summed E-state index contributed by atoms with van der Waals surface area (Å²) in [5.74, 6) is 0.0838. The molecule has 0 radical (unpaired) electrons. The van der Waals surface area contributed by atoms with Crippen molar-refractivity contribution in [1.82, 2.24) is 5.32 Å². The van der Waals surface area contributed by atoms with Crippen molar-refractivity contribution in [2.24, 2.45) is 11.1 Å². The summed E-state index contributed by atoms with van der Waals surface area (Å²) in [7, 11) is 0. The van der Waals surface area contributed by atoms with Crippen LogP contribution < -0.4 is 11.1 Å². The van der Waals surface area contributed by atoms with Crippen molar-refractivity contribution in [3.05, 3.63) is 0 Å². The van der Waals surface area contributed by atoms with E-state index in [1.54, 1.807) is 0 Å². The third kappa shape index (κ3) is 5.13. The van der Waals surface area contributed by atoms with Crippen LogP contribution in [0, 0.1) is 5.41 Å². The first-order valence-electron chi connectivity index (χ1n) is 4.37. The lowest BCUT2D eigenvalue weighted by Gasteiger charge is -2.22. The average molecular weight is 172 g/mol. The van der Waals surface area contributed by atoms with Crippen LogP contribution in [-0.2, 0) is 4.79 Å². The Morgan fingerprint density at radius 1 is 1.50 bits per heavy atom. The van der Waals surface area contributed by atoms with Gasteiger partial charge in [-0.25, -0.2) is 0 Å². The Morgan fingerprint density at radius 2 is 2.00 bits per heavy atom. The van der Waals surface area contributed by atoms with Gasteiger partial charge in [0.05, 0.1) is 0 Å². The lowest BCUT2D eigenvalue weighted by Crippen LogP contribution is -2.36. The summed E-state index contributed by atoms with van der Waals surface area (Å²) in [6.07, 6.45) is 0.502. The molecule has 0 aromatic carbocycles.